The van der Waals surface area contributed by atoms with Gasteiger partial charge in [-0.2, -0.15) is 0 Å². The van der Waals surface area contributed by atoms with E-state index in [9.17, 15) is 18.7 Å². The number of hydrogen-bond acceptors (Lipinski definition) is 9. The summed E-state index contributed by atoms with van der Waals surface area (Å²) in [6.45, 7) is -0.492. The molecule has 0 fully saturated rings. The van der Waals surface area contributed by atoms with E-state index in [4.69, 9.17) is 27.8 Å². The molecule has 3 aromatic carbocycles. The lowest BCUT2D eigenvalue weighted by Crippen LogP contribution is -2.14. The first-order valence-corrected chi connectivity index (χ1v) is 12.0. The number of fused-ring (bicyclic) bond motifs is 1. The first-order valence-electron chi connectivity index (χ1n) is 10.5. The molecule has 0 aliphatic heterocycles. The SMILES string of the molecule is COC(=O)c1cc(NS(=O)(O)=c2oc3ccccc3o2)c(Oc2ccccc2OC)c(OCCO)c1. The molecule has 36 heavy (non-hydrogen) atoms. The molecule has 0 spiro atoms. The van der Waals surface area contributed by atoms with Gasteiger partial charge in [-0.25, -0.2) is 9.00 Å². The van der Waals surface area contributed by atoms with E-state index in [1.807, 2.05) is 0 Å². The van der Waals surface area contributed by atoms with Crippen LogP contribution in [-0.2, 0) is 14.7 Å². The monoisotopic (exact) mass is 517 g/mol. The average molecular weight is 518 g/mol. The largest absolute Gasteiger partial charge is 0.493 e. The van der Waals surface area contributed by atoms with Crippen LogP contribution in [0.15, 0.2) is 69.5 Å². The van der Waals surface area contributed by atoms with Crippen LogP contribution >= 0.6 is 0 Å². The Labute approximate surface area is 205 Å². The lowest BCUT2D eigenvalue weighted by Gasteiger charge is -2.19. The number of carbonyl (C=O) groups excluding carboxylic acids is 1. The maximum absolute atomic E-state index is 13.3. The lowest BCUT2D eigenvalue weighted by atomic mass is 10.1. The number of methoxy groups -OCH3 is 2. The fraction of sp³-hybridized carbons (Fsp3) is 0.167. The van der Waals surface area contributed by atoms with Crippen molar-refractivity contribution in [3.8, 4) is 23.0 Å². The van der Waals surface area contributed by atoms with E-state index in [1.165, 1.54) is 26.4 Å². The Morgan fingerprint density at radius 1 is 0.972 bits per heavy atom. The average Bonchev–Trinajstić information content (AvgIpc) is 3.34. The van der Waals surface area contributed by atoms with E-state index in [0.29, 0.717) is 5.75 Å². The van der Waals surface area contributed by atoms with Crippen molar-refractivity contribution in [2.75, 3.05) is 32.2 Å². The molecule has 0 saturated heterocycles. The maximum atomic E-state index is 13.3. The van der Waals surface area contributed by atoms with Crippen molar-refractivity contribution in [2.45, 2.75) is 0 Å². The summed E-state index contributed by atoms with van der Waals surface area (Å²) in [7, 11) is -1.55. The third kappa shape index (κ3) is 5.25. The first kappa shape index (κ1) is 25.0. The van der Waals surface area contributed by atoms with Gasteiger partial charge >= 0.3 is 10.9 Å². The molecule has 190 valence electrons. The van der Waals surface area contributed by atoms with Crippen molar-refractivity contribution in [1.82, 2.24) is 0 Å². The third-order valence-corrected chi connectivity index (χ3v) is 5.93. The highest BCUT2D eigenvalue weighted by Crippen LogP contribution is 2.43. The highest BCUT2D eigenvalue weighted by atomic mass is 32.2. The Kier molecular flexibility index (Phi) is 7.38. The minimum Gasteiger partial charge on any atom is -0.493 e. The van der Waals surface area contributed by atoms with Crippen molar-refractivity contribution in [3.63, 3.8) is 0 Å². The van der Waals surface area contributed by atoms with Gasteiger partial charge in [0, 0.05) is 0 Å². The summed E-state index contributed by atoms with van der Waals surface area (Å²) >= 11 is 0. The third-order valence-electron chi connectivity index (χ3n) is 4.82. The summed E-state index contributed by atoms with van der Waals surface area (Å²) < 4.78 is 59.2. The van der Waals surface area contributed by atoms with E-state index in [1.54, 1.807) is 48.5 Å². The van der Waals surface area contributed by atoms with E-state index in [-0.39, 0.29) is 52.9 Å². The zero-order valence-electron chi connectivity index (χ0n) is 19.3. The smallest absolute Gasteiger partial charge is 0.394 e. The zero-order valence-corrected chi connectivity index (χ0v) is 20.1. The van der Waals surface area contributed by atoms with Crippen molar-refractivity contribution < 1.29 is 46.4 Å². The van der Waals surface area contributed by atoms with Crippen LogP contribution in [0.5, 0.6) is 23.0 Å². The van der Waals surface area contributed by atoms with Gasteiger partial charge in [-0.15, -0.1) is 0 Å². The topological polar surface area (TPSA) is 150 Å². The number of rotatable bonds is 9. The van der Waals surface area contributed by atoms with Gasteiger partial charge in [0.25, 0.3) is 0 Å². The van der Waals surface area contributed by atoms with Crippen molar-refractivity contribution in [1.29, 1.82) is 0 Å². The number of benzene rings is 3. The number of para-hydroxylation sites is 4. The summed E-state index contributed by atoms with van der Waals surface area (Å²) in [5, 5.41) is 9.28. The normalized spacial score (nSPS) is 12.6. The molecule has 4 rings (SSSR count). The summed E-state index contributed by atoms with van der Waals surface area (Å²) in [4.78, 5) is 11.7. The molecular formula is C24H23NO10S. The van der Waals surface area contributed by atoms with E-state index >= 15 is 0 Å². The molecule has 0 bridgehead atoms. The van der Waals surface area contributed by atoms with Crippen molar-refractivity contribution in [3.05, 3.63) is 71.1 Å². The van der Waals surface area contributed by atoms with E-state index < -0.39 is 20.9 Å². The second-order valence-corrected chi connectivity index (χ2v) is 8.79. The number of aliphatic hydroxyl groups is 1. The van der Waals surface area contributed by atoms with Crippen LogP contribution in [0.4, 0.5) is 5.69 Å². The maximum Gasteiger partial charge on any atom is 0.394 e. The summed E-state index contributed by atoms with van der Waals surface area (Å²) in [5.41, 5.74) is 0.380. The number of esters is 1. The van der Waals surface area contributed by atoms with Crippen LogP contribution in [0, 0.1) is 4.90 Å². The van der Waals surface area contributed by atoms with Crippen molar-refractivity contribution >= 4 is 32.8 Å². The Balaban J connectivity index is 1.92. The quantitative estimate of drug-likeness (QED) is 0.217. The Morgan fingerprint density at radius 3 is 2.22 bits per heavy atom. The molecule has 0 amide bonds. The molecule has 1 heterocycles. The number of nitrogens with one attached hydrogen (secondary N) is 1. The van der Waals surface area contributed by atoms with Crippen LogP contribution in [0.25, 0.3) is 11.2 Å². The van der Waals surface area contributed by atoms with Gasteiger partial charge in [0.2, 0.25) is 9.99 Å². The van der Waals surface area contributed by atoms with Crippen LogP contribution in [-0.4, -0.2) is 47.3 Å². The highest BCUT2D eigenvalue weighted by Gasteiger charge is 2.23. The van der Waals surface area contributed by atoms with Crippen LogP contribution in [0.1, 0.15) is 10.4 Å². The minimum absolute atomic E-state index is 0.0166. The molecule has 0 aliphatic carbocycles. The molecule has 3 N–H and O–H groups in total. The van der Waals surface area contributed by atoms with Gasteiger partial charge in [-0.3, -0.25) is 9.27 Å². The number of aliphatic hydroxyl groups excluding tert-OH is 1. The zero-order chi connectivity index (χ0) is 25.7. The standard InChI is InChI=1S/C24H23NO10S/c1-30-17-7-3-4-8-18(17)33-22-16(13-15(23(27)31-2)14-21(22)32-12-11-26)25-36(28,29)24-34-19-9-5-6-10-20(19)35-24/h3-10,13-14,26H,11-12H2,1-2H3,(H2,25,28,29). The van der Waals surface area contributed by atoms with E-state index in [0.717, 1.165) is 0 Å². The molecule has 0 aliphatic rings. The predicted octanol–water partition coefficient (Wildman–Crippen LogP) is 4.30. The number of ether oxygens (including phenoxy) is 4. The molecule has 0 saturated carbocycles. The fourth-order valence-electron chi connectivity index (χ4n) is 3.22. The molecule has 4 aromatic rings. The van der Waals surface area contributed by atoms with Crippen molar-refractivity contribution in [2.24, 2.45) is 0 Å². The van der Waals surface area contributed by atoms with Gasteiger partial charge in [0.15, 0.2) is 34.2 Å². The molecular weight excluding hydrogens is 494 g/mol. The first-order chi connectivity index (χ1) is 17.4. The molecule has 12 heteroatoms. The molecule has 1 atom stereocenters. The number of hydrogen-bond donors (Lipinski definition) is 3. The van der Waals surface area contributed by atoms with Gasteiger partial charge in [0.05, 0.1) is 32.1 Å². The highest BCUT2D eigenvalue weighted by molar-refractivity contribution is 7.91. The lowest BCUT2D eigenvalue weighted by molar-refractivity contribution is 0.0600. The van der Waals surface area contributed by atoms with Gasteiger partial charge in [-0.05, 0) is 36.4 Å². The van der Waals surface area contributed by atoms with Gasteiger partial charge < -0.3 is 32.9 Å². The van der Waals surface area contributed by atoms with Gasteiger partial charge in [-0.1, -0.05) is 24.3 Å². The molecule has 11 nitrogen and oxygen atoms in total. The Morgan fingerprint density at radius 2 is 1.61 bits per heavy atom. The summed E-state index contributed by atoms with van der Waals surface area (Å²) in [5.74, 6) is -0.213. The summed E-state index contributed by atoms with van der Waals surface area (Å²) in [6, 6.07) is 15.8. The number of carbonyl (C=O) groups is 1. The van der Waals surface area contributed by atoms with Crippen LogP contribution < -0.4 is 18.9 Å². The summed E-state index contributed by atoms with van der Waals surface area (Å²) in [6.07, 6.45) is 0. The van der Waals surface area contributed by atoms with Crippen LogP contribution in [0.2, 0.25) is 0 Å². The second-order valence-electron chi connectivity index (χ2n) is 7.20. The van der Waals surface area contributed by atoms with Crippen LogP contribution in [0.3, 0.4) is 0 Å². The Hall–Kier alpha value is -4.13. The fourth-order valence-corrected chi connectivity index (χ4v) is 4.16. The molecule has 1 unspecified atom stereocenters. The number of anilines is 1. The molecule has 0 radical (unpaired) electrons. The Bertz CT molecular complexity index is 1510. The molecule has 1 aromatic heterocycles. The van der Waals surface area contributed by atoms with Gasteiger partial charge in [0.1, 0.15) is 6.61 Å². The predicted molar refractivity (Wildman–Crippen MR) is 130 cm³/mol. The second kappa shape index (κ2) is 10.6. The van der Waals surface area contributed by atoms with E-state index in [2.05, 4.69) is 4.72 Å². The minimum atomic E-state index is -4.19.